The summed E-state index contributed by atoms with van der Waals surface area (Å²) in [5, 5.41) is 6.14. The van der Waals surface area contributed by atoms with E-state index in [1.807, 2.05) is 5.38 Å². The van der Waals surface area contributed by atoms with Crippen LogP contribution >= 0.6 is 11.5 Å². The molecule has 0 unspecified atom stereocenters. The number of nitrogens with zero attached hydrogens (tertiary/aromatic N) is 3. The number of ether oxygens (including phenoxy) is 1. The Morgan fingerprint density at radius 3 is 2.81 bits per heavy atom. The first-order valence-electron chi connectivity index (χ1n) is 7.43. The third-order valence-electron chi connectivity index (χ3n) is 3.96. The summed E-state index contributed by atoms with van der Waals surface area (Å²) in [6.45, 7) is 7.25. The first-order valence-corrected chi connectivity index (χ1v) is 8.26. The van der Waals surface area contributed by atoms with Crippen LogP contribution in [0, 0.1) is 13.8 Å². The lowest BCUT2D eigenvalue weighted by atomic mass is 10.1. The fourth-order valence-corrected chi connectivity index (χ4v) is 3.12. The number of aromatic nitrogens is 2. The molecule has 1 fully saturated rings. The van der Waals surface area contributed by atoms with Gasteiger partial charge in [-0.15, -0.1) is 5.10 Å². The van der Waals surface area contributed by atoms with Crippen molar-refractivity contribution < 1.29 is 4.74 Å². The minimum Gasteiger partial charge on any atom is -0.490 e. The summed E-state index contributed by atoms with van der Waals surface area (Å²) in [7, 11) is 0. The van der Waals surface area contributed by atoms with Crippen LogP contribution < -0.4 is 4.74 Å². The highest BCUT2D eigenvalue weighted by molar-refractivity contribution is 7.03. The van der Waals surface area contributed by atoms with Crippen molar-refractivity contribution in [3.63, 3.8) is 0 Å². The molecule has 0 saturated carbocycles. The molecule has 2 heterocycles. The van der Waals surface area contributed by atoms with E-state index in [1.165, 1.54) is 22.7 Å². The average Bonchev–Trinajstić information content (AvgIpc) is 2.98. The molecule has 0 atom stereocenters. The zero-order chi connectivity index (χ0) is 14.7. The summed E-state index contributed by atoms with van der Waals surface area (Å²) in [5.41, 5.74) is 3.55. The third kappa shape index (κ3) is 3.80. The van der Waals surface area contributed by atoms with E-state index >= 15 is 0 Å². The minimum atomic E-state index is 0.329. The number of aryl methyl sites for hydroxylation is 2. The van der Waals surface area contributed by atoms with Gasteiger partial charge in [0.15, 0.2) is 0 Å². The van der Waals surface area contributed by atoms with Crippen LogP contribution in [0.1, 0.15) is 29.7 Å². The fourth-order valence-electron chi connectivity index (χ4n) is 2.68. The lowest BCUT2D eigenvalue weighted by Gasteiger charge is -2.32. The van der Waals surface area contributed by atoms with Gasteiger partial charge in [-0.2, -0.15) is 0 Å². The van der Waals surface area contributed by atoms with Gasteiger partial charge in [0.25, 0.3) is 0 Å². The standard InChI is InChI=1S/C16H21N3OS/c1-12-3-4-13(2)16(9-12)20-15-5-7-19(8-6-15)10-14-11-21-18-17-14/h3-4,9,11,15H,5-8,10H2,1-2H3. The number of benzene rings is 1. The molecule has 0 spiro atoms. The third-order valence-corrected chi connectivity index (χ3v) is 4.52. The summed E-state index contributed by atoms with van der Waals surface area (Å²) >= 11 is 1.42. The molecule has 0 amide bonds. The number of rotatable bonds is 4. The number of hydrogen-bond acceptors (Lipinski definition) is 5. The average molecular weight is 303 g/mol. The molecule has 1 saturated heterocycles. The Hall–Kier alpha value is -1.46. The van der Waals surface area contributed by atoms with Crippen LogP contribution in [-0.2, 0) is 6.54 Å². The maximum atomic E-state index is 6.20. The number of likely N-dealkylation sites (tertiary alicyclic amines) is 1. The summed E-state index contributed by atoms with van der Waals surface area (Å²) in [6.07, 6.45) is 2.48. The van der Waals surface area contributed by atoms with Crippen LogP contribution in [0.25, 0.3) is 0 Å². The zero-order valence-corrected chi connectivity index (χ0v) is 13.4. The van der Waals surface area contributed by atoms with Crippen molar-refractivity contribution in [1.29, 1.82) is 0 Å². The first kappa shape index (κ1) is 14.5. The van der Waals surface area contributed by atoms with Gasteiger partial charge in [-0.25, -0.2) is 0 Å². The van der Waals surface area contributed by atoms with E-state index in [-0.39, 0.29) is 0 Å². The Bertz CT molecular complexity index is 577. The molecule has 21 heavy (non-hydrogen) atoms. The molecule has 3 rings (SSSR count). The smallest absolute Gasteiger partial charge is 0.122 e. The van der Waals surface area contributed by atoms with Gasteiger partial charge in [-0.3, -0.25) is 4.90 Å². The zero-order valence-electron chi connectivity index (χ0n) is 12.6. The SMILES string of the molecule is Cc1ccc(C)c(OC2CCN(Cc3csnn3)CC2)c1. The molecule has 0 bridgehead atoms. The second kappa shape index (κ2) is 6.54. The van der Waals surface area contributed by atoms with Gasteiger partial charge in [0, 0.05) is 25.0 Å². The first-order chi connectivity index (χ1) is 10.2. The van der Waals surface area contributed by atoms with E-state index in [2.05, 4.69) is 46.5 Å². The van der Waals surface area contributed by atoms with Gasteiger partial charge < -0.3 is 4.74 Å². The van der Waals surface area contributed by atoms with Crippen molar-refractivity contribution in [3.8, 4) is 5.75 Å². The lowest BCUT2D eigenvalue weighted by molar-refractivity contribution is 0.0955. The molecule has 1 aromatic heterocycles. The number of piperidine rings is 1. The molecule has 112 valence electrons. The van der Waals surface area contributed by atoms with E-state index in [0.717, 1.165) is 43.9 Å². The summed E-state index contributed by atoms with van der Waals surface area (Å²) in [6, 6.07) is 6.41. The molecule has 4 nitrogen and oxygen atoms in total. The fraction of sp³-hybridized carbons (Fsp3) is 0.500. The van der Waals surface area contributed by atoms with Crippen molar-refractivity contribution >= 4 is 11.5 Å². The van der Waals surface area contributed by atoms with E-state index in [4.69, 9.17) is 4.74 Å². The quantitative estimate of drug-likeness (QED) is 0.869. The largest absolute Gasteiger partial charge is 0.490 e. The highest BCUT2D eigenvalue weighted by atomic mass is 32.1. The maximum Gasteiger partial charge on any atom is 0.122 e. The number of hydrogen-bond donors (Lipinski definition) is 0. The topological polar surface area (TPSA) is 38.2 Å². The van der Waals surface area contributed by atoms with Crippen LogP contribution in [0.2, 0.25) is 0 Å². The van der Waals surface area contributed by atoms with Crippen LogP contribution in [0.5, 0.6) is 5.75 Å². The minimum absolute atomic E-state index is 0.329. The van der Waals surface area contributed by atoms with Crippen molar-refractivity contribution in [2.45, 2.75) is 39.3 Å². The molecular formula is C16H21N3OS. The van der Waals surface area contributed by atoms with Crippen molar-refractivity contribution in [2.75, 3.05) is 13.1 Å². The van der Waals surface area contributed by atoms with E-state index < -0.39 is 0 Å². The summed E-state index contributed by atoms with van der Waals surface area (Å²) < 4.78 is 10.1. The molecule has 1 aromatic carbocycles. The predicted octanol–water partition coefficient (Wildman–Crippen LogP) is 3.20. The molecule has 0 aliphatic carbocycles. The Morgan fingerprint density at radius 1 is 1.29 bits per heavy atom. The molecule has 1 aliphatic rings. The van der Waals surface area contributed by atoms with E-state index in [0.29, 0.717) is 6.10 Å². The second-order valence-corrected chi connectivity index (χ2v) is 6.37. The molecule has 1 aliphatic heterocycles. The molecule has 0 radical (unpaired) electrons. The van der Waals surface area contributed by atoms with Gasteiger partial charge in [0.1, 0.15) is 11.9 Å². The van der Waals surface area contributed by atoms with Crippen molar-refractivity contribution in [2.24, 2.45) is 0 Å². The van der Waals surface area contributed by atoms with E-state index in [9.17, 15) is 0 Å². The molecule has 2 aromatic rings. The highest BCUT2D eigenvalue weighted by Crippen LogP contribution is 2.24. The van der Waals surface area contributed by atoms with Gasteiger partial charge in [-0.05, 0) is 55.4 Å². The van der Waals surface area contributed by atoms with Crippen LogP contribution in [0.4, 0.5) is 0 Å². The van der Waals surface area contributed by atoms with Crippen molar-refractivity contribution in [3.05, 3.63) is 40.4 Å². The highest BCUT2D eigenvalue weighted by Gasteiger charge is 2.21. The Morgan fingerprint density at radius 2 is 2.10 bits per heavy atom. The molecule has 0 N–H and O–H groups in total. The van der Waals surface area contributed by atoms with Gasteiger partial charge >= 0.3 is 0 Å². The van der Waals surface area contributed by atoms with Crippen molar-refractivity contribution in [1.82, 2.24) is 14.5 Å². The monoisotopic (exact) mass is 303 g/mol. The lowest BCUT2D eigenvalue weighted by Crippen LogP contribution is -2.38. The second-order valence-electron chi connectivity index (χ2n) is 5.76. The van der Waals surface area contributed by atoms with Crippen LogP contribution in [0.15, 0.2) is 23.6 Å². The van der Waals surface area contributed by atoms with Gasteiger partial charge in [-0.1, -0.05) is 16.6 Å². The van der Waals surface area contributed by atoms with Gasteiger partial charge in [0.05, 0.1) is 5.69 Å². The summed E-state index contributed by atoms with van der Waals surface area (Å²) in [5.74, 6) is 1.04. The summed E-state index contributed by atoms with van der Waals surface area (Å²) in [4.78, 5) is 2.43. The van der Waals surface area contributed by atoms with E-state index in [1.54, 1.807) is 0 Å². The normalized spacial score (nSPS) is 17.0. The Labute approximate surface area is 129 Å². The molecular weight excluding hydrogens is 282 g/mol. The predicted molar refractivity (Wildman–Crippen MR) is 84.8 cm³/mol. The van der Waals surface area contributed by atoms with Crippen LogP contribution in [0.3, 0.4) is 0 Å². The molecule has 5 heteroatoms. The maximum absolute atomic E-state index is 6.20. The van der Waals surface area contributed by atoms with Crippen LogP contribution in [-0.4, -0.2) is 33.7 Å². The Kier molecular flexibility index (Phi) is 4.51. The van der Waals surface area contributed by atoms with Gasteiger partial charge in [0.2, 0.25) is 0 Å². The Balaban J connectivity index is 1.52.